The number of nitrogens with zero attached hydrogens (tertiary/aromatic N) is 1. The lowest BCUT2D eigenvalue weighted by Gasteiger charge is -2.09. The summed E-state index contributed by atoms with van der Waals surface area (Å²) in [6.07, 6.45) is 3.16. The van der Waals surface area contributed by atoms with Crippen molar-refractivity contribution in [3.05, 3.63) is 71.7 Å². The number of fused-ring (bicyclic) bond motifs is 1. The maximum absolute atomic E-state index is 12.9. The van der Waals surface area contributed by atoms with Crippen LogP contribution in [0.1, 0.15) is 15.9 Å². The van der Waals surface area contributed by atoms with Crippen molar-refractivity contribution in [2.24, 2.45) is 0 Å². The molecule has 0 spiro atoms. The van der Waals surface area contributed by atoms with Gasteiger partial charge in [0.05, 0.1) is 12.1 Å². The van der Waals surface area contributed by atoms with Gasteiger partial charge in [0.1, 0.15) is 17.9 Å². The van der Waals surface area contributed by atoms with Crippen molar-refractivity contribution in [1.29, 1.82) is 0 Å². The van der Waals surface area contributed by atoms with Crippen LogP contribution in [0.3, 0.4) is 0 Å². The second kappa shape index (κ2) is 6.35. The van der Waals surface area contributed by atoms with Crippen molar-refractivity contribution in [2.45, 2.75) is 6.42 Å². The molecule has 0 aliphatic rings. The first-order chi connectivity index (χ1) is 10.8. The van der Waals surface area contributed by atoms with E-state index in [4.69, 9.17) is 4.74 Å². The molecule has 0 unspecified atom stereocenters. The number of aldehydes is 1. The van der Waals surface area contributed by atoms with Crippen LogP contribution in [-0.4, -0.2) is 17.9 Å². The largest absolute Gasteiger partial charge is 0.492 e. The average Bonchev–Trinajstić information content (AvgIpc) is 2.56. The number of halogens is 1. The van der Waals surface area contributed by atoms with Gasteiger partial charge in [-0.25, -0.2) is 4.39 Å². The van der Waals surface area contributed by atoms with Gasteiger partial charge in [-0.05, 0) is 42.0 Å². The summed E-state index contributed by atoms with van der Waals surface area (Å²) in [7, 11) is 0. The first-order valence-corrected chi connectivity index (χ1v) is 6.97. The third kappa shape index (κ3) is 3.11. The molecule has 110 valence electrons. The molecule has 1 heterocycles. The van der Waals surface area contributed by atoms with Crippen molar-refractivity contribution in [2.75, 3.05) is 6.61 Å². The van der Waals surface area contributed by atoms with Gasteiger partial charge in [-0.3, -0.25) is 9.78 Å². The lowest BCUT2D eigenvalue weighted by Crippen LogP contribution is -2.02. The molecule has 0 radical (unpaired) electrons. The predicted octanol–water partition coefficient (Wildman–Crippen LogP) is 3.81. The molecule has 4 heteroatoms. The van der Waals surface area contributed by atoms with Gasteiger partial charge in [-0.2, -0.15) is 0 Å². The van der Waals surface area contributed by atoms with Gasteiger partial charge in [0.2, 0.25) is 0 Å². The molecule has 3 rings (SSSR count). The van der Waals surface area contributed by atoms with Crippen LogP contribution in [0.2, 0.25) is 0 Å². The van der Waals surface area contributed by atoms with E-state index in [0.29, 0.717) is 24.3 Å². The van der Waals surface area contributed by atoms with Crippen molar-refractivity contribution >= 4 is 17.2 Å². The van der Waals surface area contributed by atoms with Crippen LogP contribution >= 0.6 is 0 Å². The van der Waals surface area contributed by atoms with Crippen LogP contribution in [0.5, 0.6) is 5.75 Å². The summed E-state index contributed by atoms with van der Waals surface area (Å²) in [5, 5.41) is 0.811. The minimum Gasteiger partial charge on any atom is -0.492 e. The number of hydrogen-bond donors (Lipinski definition) is 0. The maximum atomic E-state index is 12.9. The molecule has 2 aromatic carbocycles. The molecular weight excluding hydrogens is 281 g/mol. The molecule has 0 amide bonds. The number of pyridine rings is 1. The molecule has 0 saturated heterocycles. The SMILES string of the molecule is O=Cc1ccc2nccc(OCCc3ccc(F)cc3)c2c1. The molecule has 0 aliphatic heterocycles. The number of carbonyl (C=O) groups is 1. The van der Waals surface area contributed by atoms with E-state index >= 15 is 0 Å². The maximum Gasteiger partial charge on any atom is 0.150 e. The Labute approximate surface area is 127 Å². The number of ether oxygens (including phenoxy) is 1. The zero-order chi connectivity index (χ0) is 15.4. The van der Waals surface area contributed by atoms with Crippen LogP contribution < -0.4 is 4.74 Å². The Morgan fingerprint density at radius 1 is 1.09 bits per heavy atom. The first-order valence-electron chi connectivity index (χ1n) is 6.97. The van der Waals surface area contributed by atoms with Crippen LogP contribution in [0.15, 0.2) is 54.7 Å². The molecule has 3 aromatic rings. The molecule has 0 atom stereocenters. The summed E-state index contributed by atoms with van der Waals surface area (Å²) in [5.41, 5.74) is 2.38. The van der Waals surface area contributed by atoms with E-state index in [0.717, 1.165) is 22.8 Å². The van der Waals surface area contributed by atoms with Gasteiger partial charge in [-0.1, -0.05) is 12.1 Å². The third-order valence-electron chi connectivity index (χ3n) is 3.42. The van der Waals surface area contributed by atoms with E-state index in [9.17, 15) is 9.18 Å². The molecule has 0 saturated carbocycles. The van der Waals surface area contributed by atoms with Gasteiger partial charge >= 0.3 is 0 Å². The Morgan fingerprint density at radius 2 is 1.91 bits per heavy atom. The molecule has 1 aromatic heterocycles. The molecule has 22 heavy (non-hydrogen) atoms. The Bertz CT molecular complexity index is 800. The normalized spacial score (nSPS) is 10.6. The minimum absolute atomic E-state index is 0.244. The predicted molar refractivity (Wildman–Crippen MR) is 82.7 cm³/mol. The van der Waals surface area contributed by atoms with Crippen LogP contribution in [0, 0.1) is 5.82 Å². The van der Waals surface area contributed by atoms with Gasteiger partial charge in [0.15, 0.2) is 0 Å². The Kier molecular flexibility index (Phi) is 4.10. The second-order valence-electron chi connectivity index (χ2n) is 4.93. The van der Waals surface area contributed by atoms with Crippen molar-refractivity contribution in [1.82, 2.24) is 4.98 Å². The number of hydrogen-bond acceptors (Lipinski definition) is 3. The van der Waals surface area contributed by atoms with E-state index < -0.39 is 0 Å². The van der Waals surface area contributed by atoms with Crippen LogP contribution in [-0.2, 0) is 6.42 Å². The zero-order valence-corrected chi connectivity index (χ0v) is 11.8. The second-order valence-corrected chi connectivity index (χ2v) is 4.93. The summed E-state index contributed by atoms with van der Waals surface area (Å²) in [6.45, 7) is 0.468. The highest BCUT2D eigenvalue weighted by atomic mass is 19.1. The van der Waals surface area contributed by atoms with Crippen LogP contribution in [0.4, 0.5) is 4.39 Å². The third-order valence-corrected chi connectivity index (χ3v) is 3.42. The van der Waals surface area contributed by atoms with E-state index in [1.165, 1.54) is 12.1 Å². The quantitative estimate of drug-likeness (QED) is 0.672. The van der Waals surface area contributed by atoms with E-state index in [2.05, 4.69) is 4.98 Å². The number of rotatable bonds is 5. The Hall–Kier alpha value is -2.75. The summed E-state index contributed by atoms with van der Waals surface area (Å²) in [4.78, 5) is 15.2. The zero-order valence-electron chi connectivity index (χ0n) is 11.8. The fraction of sp³-hybridized carbons (Fsp3) is 0.111. The Balaban J connectivity index is 1.75. The van der Waals surface area contributed by atoms with E-state index in [-0.39, 0.29) is 5.82 Å². The highest BCUT2D eigenvalue weighted by molar-refractivity contribution is 5.90. The highest BCUT2D eigenvalue weighted by Gasteiger charge is 2.04. The lowest BCUT2D eigenvalue weighted by atomic mass is 10.1. The smallest absolute Gasteiger partial charge is 0.150 e. The van der Waals surface area contributed by atoms with E-state index in [1.54, 1.807) is 42.6 Å². The van der Waals surface area contributed by atoms with Gasteiger partial charge in [-0.15, -0.1) is 0 Å². The molecule has 0 bridgehead atoms. The number of aromatic nitrogens is 1. The monoisotopic (exact) mass is 295 g/mol. The van der Waals surface area contributed by atoms with Crippen molar-refractivity contribution < 1.29 is 13.9 Å². The Morgan fingerprint density at radius 3 is 2.68 bits per heavy atom. The molecule has 0 fully saturated rings. The van der Waals surface area contributed by atoms with E-state index in [1.807, 2.05) is 0 Å². The number of carbonyl (C=O) groups excluding carboxylic acids is 1. The van der Waals surface area contributed by atoms with Crippen LogP contribution in [0.25, 0.3) is 10.9 Å². The van der Waals surface area contributed by atoms with Crippen molar-refractivity contribution in [3.63, 3.8) is 0 Å². The molecule has 0 aliphatic carbocycles. The summed E-state index contributed by atoms with van der Waals surface area (Å²) < 4.78 is 18.7. The highest BCUT2D eigenvalue weighted by Crippen LogP contribution is 2.24. The lowest BCUT2D eigenvalue weighted by molar-refractivity contribution is 0.112. The topological polar surface area (TPSA) is 39.2 Å². The minimum atomic E-state index is -0.244. The molecular formula is C18H14FNO2. The van der Waals surface area contributed by atoms with Gasteiger partial charge in [0.25, 0.3) is 0 Å². The summed E-state index contributed by atoms with van der Waals surface area (Å²) >= 11 is 0. The van der Waals surface area contributed by atoms with Gasteiger partial charge < -0.3 is 4.74 Å². The standard InChI is InChI=1S/C18H14FNO2/c19-15-4-1-13(2-5-15)8-10-22-18-7-9-20-17-6-3-14(12-21)11-16(17)18/h1-7,9,11-12H,8,10H2. The first kappa shape index (κ1) is 14.2. The fourth-order valence-corrected chi connectivity index (χ4v) is 2.27. The molecule has 0 N–H and O–H groups in total. The summed E-state index contributed by atoms with van der Waals surface area (Å²) in [6, 6.07) is 13.4. The summed E-state index contributed by atoms with van der Waals surface area (Å²) in [5.74, 6) is 0.446. The number of benzene rings is 2. The average molecular weight is 295 g/mol. The van der Waals surface area contributed by atoms with Crippen molar-refractivity contribution in [3.8, 4) is 5.75 Å². The fourth-order valence-electron chi connectivity index (χ4n) is 2.27. The van der Waals surface area contributed by atoms with Gasteiger partial charge in [0, 0.05) is 23.6 Å². The molecule has 3 nitrogen and oxygen atoms in total.